The van der Waals surface area contributed by atoms with Crippen molar-refractivity contribution >= 4 is 23.6 Å². The van der Waals surface area contributed by atoms with Gasteiger partial charge in [-0.15, -0.1) is 0 Å². The first-order valence-corrected chi connectivity index (χ1v) is 10.6. The van der Waals surface area contributed by atoms with Gasteiger partial charge in [0.15, 0.2) is 0 Å². The maximum Gasteiger partial charge on any atom is 0.411 e. The lowest BCUT2D eigenvalue weighted by atomic mass is 10.0. The van der Waals surface area contributed by atoms with Crippen LogP contribution in [0, 0.1) is 0 Å². The highest BCUT2D eigenvalue weighted by molar-refractivity contribution is 5.85. The predicted molar refractivity (Wildman–Crippen MR) is 120 cm³/mol. The summed E-state index contributed by atoms with van der Waals surface area (Å²) in [6.07, 6.45) is 2.10. The van der Waals surface area contributed by atoms with Gasteiger partial charge in [-0.05, 0) is 68.0 Å². The maximum absolute atomic E-state index is 11.9. The van der Waals surface area contributed by atoms with E-state index in [4.69, 9.17) is 9.47 Å². The number of carbonyl (C=O) groups is 2. The molecule has 0 fully saturated rings. The smallest absolute Gasteiger partial charge is 0.411 e. The molecule has 0 aliphatic carbocycles. The van der Waals surface area contributed by atoms with Gasteiger partial charge in [0.2, 0.25) is 0 Å². The van der Waals surface area contributed by atoms with Crippen LogP contribution in [-0.4, -0.2) is 24.4 Å². The summed E-state index contributed by atoms with van der Waals surface area (Å²) in [6.45, 7) is 7.82. The minimum Gasteiger partial charge on any atom is -0.446 e. The van der Waals surface area contributed by atoms with Gasteiger partial charge >= 0.3 is 12.2 Å². The van der Waals surface area contributed by atoms with Crippen molar-refractivity contribution in [2.45, 2.75) is 65.6 Å². The van der Waals surface area contributed by atoms with E-state index >= 15 is 0 Å². The number of hydrogen-bond acceptors (Lipinski definition) is 4. The minimum atomic E-state index is -0.442. The molecular formula is C24H32N2O4. The average molecular weight is 413 g/mol. The molecule has 0 saturated carbocycles. The molecule has 6 nitrogen and oxygen atoms in total. The molecular weight excluding hydrogens is 380 g/mol. The Hall–Kier alpha value is -3.02. The summed E-state index contributed by atoms with van der Waals surface area (Å²) in [7, 11) is 0. The second-order valence-corrected chi connectivity index (χ2v) is 7.29. The first kappa shape index (κ1) is 23.3. The molecule has 1 unspecified atom stereocenters. The highest BCUT2D eigenvalue weighted by Crippen LogP contribution is 2.17. The van der Waals surface area contributed by atoms with Gasteiger partial charge in [0, 0.05) is 11.4 Å². The Bertz CT molecular complexity index is 799. The minimum absolute atomic E-state index is 0.0568. The molecule has 0 heterocycles. The number of benzene rings is 2. The Morgan fingerprint density at radius 1 is 0.733 bits per heavy atom. The van der Waals surface area contributed by atoms with Crippen LogP contribution in [0.1, 0.15) is 58.1 Å². The Balaban J connectivity index is 1.86. The molecule has 0 aromatic heterocycles. The normalized spacial score (nSPS) is 11.6. The van der Waals surface area contributed by atoms with Crippen molar-refractivity contribution < 1.29 is 19.1 Å². The molecule has 0 radical (unpaired) electrons. The van der Waals surface area contributed by atoms with Crippen molar-refractivity contribution in [1.29, 1.82) is 0 Å². The van der Waals surface area contributed by atoms with Gasteiger partial charge in [-0.25, -0.2) is 9.59 Å². The van der Waals surface area contributed by atoms with Crippen LogP contribution < -0.4 is 10.6 Å². The summed E-state index contributed by atoms with van der Waals surface area (Å²) in [5.41, 5.74) is 3.63. The molecule has 0 saturated heterocycles. The van der Waals surface area contributed by atoms with E-state index in [9.17, 15) is 9.59 Å². The summed E-state index contributed by atoms with van der Waals surface area (Å²) >= 11 is 0. The first-order valence-electron chi connectivity index (χ1n) is 10.6. The fourth-order valence-electron chi connectivity index (χ4n) is 2.81. The summed E-state index contributed by atoms with van der Waals surface area (Å²) in [4.78, 5) is 23.7. The second-order valence-electron chi connectivity index (χ2n) is 7.29. The molecule has 2 aromatic carbocycles. The average Bonchev–Trinajstić information content (AvgIpc) is 2.74. The van der Waals surface area contributed by atoms with Gasteiger partial charge in [-0.1, -0.05) is 45.0 Å². The van der Waals surface area contributed by atoms with Crippen LogP contribution in [0.4, 0.5) is 21.0 Å². The lowest BCUT2D eigenvalue weighted by Gasteiger charge is -2.14. The van der Waals surface area contributed by atoms with Crippen LogP contribution in [0.3, 0.4) is 0 Å². The van der Waals surface area contributed by atoms with Gasteiger partial charge in [0.1, 0.15) is 12.2 Å². The van der Waals surface area contributed by atoms with Crippen LogP contribution in [0.15, 0.2) is 48.5 Å². The van der Waals surface area contributed by atoms with Gasteiger partial charge < -0.3 is 9.47 Å². The Kier molecular flexibility index (Phi) is 9.19. The van der Waals surface area contributed by atoms with E-state index < -0.39 is 12.2 Å². The van der Waals surface area contributed by atoms with Gasteiger partial charge in [0.05, 0.1) is 0 Å². The Morgan fingerprint density at radius 2 is 1.17 bits per heavy atom. The second kappa shape index (κ2) is 11.9. The fraction of sp³-hybridized carbons (Fsp3) is 0.417. The lowest BCUT2D eigenvalue weighted by Crippen LogP contribution is -2.21. The first-order chi connectivity index (χ1) is 14.4. The topological polar surface area (TPSA) is 76.7 Å². The number of rotatable bonds is 9. The van der Waals surface area contributed by atoms with Crippen LogP contribution in [-0.2, 0) is 15.9 Å². The SMILES string of the molecule is CCC(C)OC(=O)Nc1ccc(Cc2ccc(NC(=O)OC(CC)CC)cc2)cc1. The summed E-state index contributed by atoms with van der Waals surface area (Å²) in [5, 5.41) is 5.49. The Labute approximate surface area is 179 Å². The van der Waals surface area contributed by atoms with Gasteiger partial charge in [-0.2, -0.15) is 0 Å². The largest absolute Gasteiger partial charge is 0.446 e. The van der Waals surface area contributed by atoms with E-state index in [-0.39, 0.29) is 12.2 Å². The van der Waals surface area contributed by atoms with Crippen molar-refractivity contribution in [2.24, 2.45) is 0 Å². The van der Waals surface area contributed by atoms with Gasteiger partial charge in [-0.3, -0.25) is 10.6 Å². The van der Waals surface area contributed by atoms with E-state index in [1.165, 1.54) is 0 Å². The zero-order chi connectivity index (χ0) is 21.9. The molecule has 0 bridgehead atoms. The molecule has 2 amide bonds. The van der Waals surface area contributed by atoms with Crippen molar-refractivity contribution in [1.82, 2.24) is 0 Å². The number of amides is 2. The monoisotopic (exact) mass is 412 g/mol. The van der Waals surface area contributed by atoms with Crippen molar-refractivity contribution in [3.05, 3.63) is 59.7 Å². The molecule has 162 valence electrons. The number of carbonyl (C=O) groups excluding carboxylic acids is 2. The Morgan fingerprint density at radius 3 is 1.57 bits per heavy atom. The molecule has 2 rings (SSSR count). The van der Waals surface area contributed by atoms with Crippen LogP contribution >= 0.6 is 0 Å². The number of ether oxygens (including phenoxy) is 2. The highest BCUT2D eigenvalue weighted by Gasteiger charge is 2.11. The zero-order valence-corrected chi connectivity index (χ0v) is 18.2. The van der Waals surface area contributed by atoms with E-state index in [0.717, 1.165) is 36.8 Å². The molecule has 30 heavy (non-hydrogen) atoms. The fourth-order valence-corrected chi connectivity index (χ4v) is 2.81. The van der Waals surface area contributed by atoms with E-state index in [1.54, 1.807) is 0 Å². The lowest BCUT2D eigenvalue weighted by molar-refractivity contribution is 0.106. The molecule has 0 aliphatic rings. The van der Waals surface area contributed by atoms with E-state index in [1.807, 2.05) is 76.2 Å². The number of anilines is 2. The van der Waals surface area contributed by atoms with E-state index in [2.05, 4.69) is 10.6 Å². The van der Waals surface area contributed by atoms with Crippen LogP contribution in [0.25, 0.3) is 0 Å². The third-order valence-corrected chi connectivity index (χ3v) is 4.88. The third-order valence-electron chi connectivity index (χ3n) is 4.88. The zero-order valence-electron chi connectivity index (χ0n) is 18.2. The highest BCUT2D eigenvalue weighted by atomic mass is 16.6. The molecule has 2 aromatic rings. The molecule has 0 spiro atoms. The molecule has 6 heteroatoms. The third kappa shape index (κ3) is 7.78. The number of hydrogen-bond donors (Lipinski definition) is 2. The van der Waals surface area contributed by atoms with Crippen molar-refractivity contribution in [3.63, 3.8) is 0 Å². The predicted octanol–water partition coefficient (Wildman–Crippen LogP) is 6.36. The van der Waals surface area contributed by atoms with Crippen molar-refractivity contribution in [3.8, 4) is 0 Å². The summed E-state index contributed by atoms with van der Waals surface area (Å²) < 4.78 is 10.6. The standard InChI is InChI=1S/C24H32N2O4/c1-5-17(4)29-23(27)25-20-12-8-18(9-13-20)16-19-10-14-21(15-11-19)26-24(28)30-22(6-2)7-3/h8-15,17,22H,5-7,16H2,1-4H3,(H,25,27)(H,26,28). The van der Waals surface area contributed by atoms with Gasteiger partial charge in [0.25, 0.3) is 0 Å². The molecule has 1 atom stereocenters. The summed E-state index contributed by atoms with van der Waals surface area (Å²) in [6, 6.07) is 15.3. The maximum atomic E-state index is 11.9. The van der Waals surface area contributed by atoms with Crippen LogP contribution in [0.5, 0.6) is 0 Å². The summed E-state index contributed by atoms with van der Waals surface area (Å²) in [5.74, 6) is 0. The molecule has 0 aliphatic heterocycles. The molecule has 2 N–H and O–H groups in total. The number of nitrogens with one attached hydrogen (secondary N) is 2. The van der Waals surface area contributed by atoms with E-state index in [0.29, 0.717) is 11.4 Å². The van der Waals surface area contributed by atoms with Crippen LogP contribution in [0.2, 0.25) is 0 Å². The van der Waals surface area contributed by atoms with Crippen molar-refractivity contribution in [2.75, 3.05) is 10.6 Å². The quantitative estimate of drug-likeness (QED) is 0.502.